The van der Waals surface area contributed by atoms with E-state index in [0.717, 1.165) is 40.7 Å². The summed E-state index contributed by atoms with van der Waals surface area (Å²) < 4.78 is 12.7. The van der Waals surface area contributed by atoms with Gasteiger partial charge in [0.05, 0.1) is 33.0 Å². The van der Waals surface area contributed by atoms with Gasteiger partial charge >= 0.3 is 0 Å². The molecule has 0 bridgehead atoms. The fourth-order valence-electron chi connectivity index (χ4n) is 3.35. The van der Waals surface area contributed by atoms with Gasteiger partial charge < -0.3 is 24.6 Å². The molecule has 0 spiro atoms. The number of ether oxygens (including phenoxy) is 2. The lowest BCUT2D eigenvalue weighted by Gasteiger charge is -2.26. The molecule has 1 aromatic carbocycles. The number of aromatic nitrogens is 2. The molecule has 1 atom stereocenters. The molecule has 166 valence electrons. The highest BCUT2D eigenvalue weighted by molar-refractivity contribution is 5.79. The number of benzene rings is 1. The van der Waals surface area contributed by atoms with E-state index in [1.807, 2.05) is 43.3 Å². The Balaban J connectivity index is 2.22. The first-order valence-corrected chi connectivity index (χ1v) is 10.2. The van der Waals surface area contributed by atoms with Crippen molar-refractivity contribution in [2.45, 2.75) is 26.4 Å². The molecule has 2 rings (SSSR count). The fraction of sp³-hybridized carbons (Fsp3) is 0.545. The molecule has 8 nitrogen and oxygen atoms in total. The summed E-state index contributed by atoms with van der Waals surface area (Å²) in [6.45, 7) is 6.30. The van der Waals surface area contributed by atoms with Gasteiger partial charge in [-0.1, -0.05) is 0 Å². The Morgan fingerprint density at radius 1 is 1.20 bits per heavy atom. The minimum atomic E-state index is 0.156. The number of methoxy groups -OCH3 is 2. The normalized spacial score (nSPS) is 12.8. The summed E-state index contributed by atoms with van der Waals surface area (Å²) in [7, 11) is 11.4. The van der Waals surface area contributed by atoms with Gasteiger partial charge in [-0.2, -0.15) is 5.10 Å². The summed E-state index contributed by atoms with van der Waals surface area (Å²) >= 11 is 0. The van der Waals surface area contributed by atoms with Crippen LogP contribution in [0.15, 0.2) is 29.5 Å². The van der Waals surface area contributed by atoms with Crippen LogP contribution in [0.5, 0.6) is 11.5 Å². The van der Waals surface area contributed by atoms with Gasteiger partial charge in [-0.05, 0) is 51.2 Å². The van der Waals surface area contributed by atoms with Gasteiger partial charge in [0.15, 0.2) is 17.5 Å². The van der Waals surface area contributed by atoms with Crippen molar-refractivity contribution in [1.82, 2.24) is 24.9 Å². The Labute approximate surface area is 180 Å². The number of likely N-dealkylation sites (N-methyl/N-ethyl adjacent to an activating group) is 1. The number of hydrogen-bond acceptors (Lipinski definition) is 5. The fourth-order valence-corrected chi connectivity index (χ4v) is 3.35. The summed E-state index contributed by atoms with van der Waals surface area (Å²) in [6, 6.07) is 4.20. The van der Waals surface area contributed by atoms with E-state index in [2.05, 4.69) is 48.2 Å². The van der Waals surface area contributed by atoms with E-state index in [-0.39, 0.29) is 6.04 Å². The second kappa shape index (κ2) is 10.9. The van der Waals surface area contributed by atoms with Crippen molar-refractivity contribution >= 4 is 5.96 Å². The molecule has 1 unspecified atom stereocenters. The number of nitrogens with one attached hydrogen (secondary N) is 1. The highest BCUT2D eigenvalue weighted by atomic mass is 16.5. The van der Waals surface area contributed by atoms with Gasteiger partial charge in [0.1, 0.15) is 0 Å². The molecule has 0 radical (unpaired) electrons. The minimum absolute atomic E-state index is 0.156. The van der Waals surface area contributed by atoms with Crippen molar-refractivity contribution < 1.29 is 9.47 Å². The highest BCUT2D eigenvalue weighted by Crippen LogP contribution is 2.30. The lowest BCUT2D eigenvalue weighted by molar-refractivity contribution is 0.305. The smallest absolute Gasteiger partial charge is 0.194 e. The van der Waals surface area contributed by atoms with Crippen molar-refractivity contribution in [3.8, 4) is 11.5 Å². The summed E-state index contributed by atoms with van der Waals surface area (Å²) in [6.07, 6.45) is 3.95. The second-order valence-electron chi connectivity index (χ2n) is 7.61. The van der Waals surface area contributed by atoms with Gasteiger partial charge in [0.2, 0.25) is 0 Å². The maximum Gasteiger partial charge on any atom is 0.194 e. The molecule has 0 aliphatic carbocycles. The maximum absolute atomic E-state index is 5.47. The van der Waals surface area contributed by atoms with Crippen molar-refractivity contribution in [1.29, 1.82) is 0 Å². The average molecular weight is 417 g/mol. The van der Waals surface area contributed by atoms with Crippen LogP contribution in [0.3, 0.4) is 0 Å². The topological polar surface area (TPSA) is 67.2 Å². The standard InChI is InChI=1S/C22H36N6O2/c1-9-23-22(24-13-19(26(3)4)18-12-25-28(6)15-18)27(5)14-17-11-21(30-8)20(29-7)10-16(17)2/h10-12,15,19H,9,13-14H2,1-8H3,(H,23,24). The molecule has 30 heavy (non-hydrogen) atoms. The number of rotatable bonds is 9. The molecule has 0 saturated carbocycles. The predicted octanol–water partition coefficient (Wildman–Crippen LogP) is 2.45. The van der Waals surface area contributed by atoms with Gasteiger partial charge in [-0.25, -0.2) is 0 Å². The first-order valence-electron chi connectivity index (χ1n) is 10.2. The molecule has 0 aliphatic rings. The molecule has 1 aromatic heterocycles. The largest absolute Gasteiger partial charge is 0.493 e. The molecular formula is C22H36N6O2. The van der Waals surface area contributed by atoms with E-state index in [1.165, 1.54) is 0 Å². The van der Waals surface area contributed by atoms with Crippen LogP contribution < -0.4 is 14.8 Å². The van der Waals surface area contributed by atoms with Crippen molar-refractivity contribution in [3.05, 3.63) is 41.2 Å². The summed E-state index contributed by atoms with van der Waals surface area (Å²) in [5.41, 5.74) is 3.47. The number of hydrogen-bond donors (Lipinski definition) is 1. The van der Waals surface area contributed by atoms with Gasteiger partial charge in [-0.15, -0.1) is 0 Å². The molecule has 0 fully saturated rings. The zero-order valence-corrected chi connectivity index (χ0v) is 19.6. The van der Waals surface area contributed by atoms with Gasteiger partial charge in [0, 0.05) is 38.9 Å². The van der Waals surface area contributed by atoms with Crippen LogP contribution in [0.25, 0.3) is 0 Å². The Bertz CT molecular complexity index is 846. The van der Waals surface area contributed by atoms with E-state index in [0.29, 0.717) is 13.1 Å². The summed E-state index contributed by atoms with van der Waals surface area (Å²) in [4.78, 5) is 9.22. The number of nitrogens with zero attached hydrogens (tertiary/aromatic N) is 5. The lowest BCUT2D eigenvalue weighted by Crippen LogP contribution is -2.39. The third-order valence-corrected chi connectivity index (χ3v) is 5.09. The molecule has 1 N–H and O–H groups in total. The summed E-state index contributed by atoms with van der Waals surface area (Å²) in [5, 5.41) is 7.71. The highest BCUT2D eigenvalue weighted by Gasteiger charge is 2.17. The predicted molar refractivity (Wildman–Crippen MR) is 121 cm³/mol. The van der Waals surface area contributed by atoms with Crippen LogP contribution >= 0.6 is 0 Å². The molecule has 2 aromatic rings. The molecule has 0 aliphatic heterocycles. The molecule has 1 heterocycles. The van der Waals surface area contributed by atoms with Crippen LogP contribution in [0.2, 0.25) is 0 Å². The van der Waals surface area contributed by atoms with Crippen LogP contribution in [0, 0.1) is 6.92 Å². The number of aryl methyl sites for hydroxylation is 2. The molecule has 0 saturated heterocycles. The van der Waals surface area contributed by atoms with E-state index < -0.39 is 0 Å². The van der Waals surface area contributed by atoms with E-state index >= 15 is 0 Å². The van der Waals surface area contributed by atoms with Crippen molar-refractivity contribution in [3.63, 3.8) is 0 Å². The Kier molecular flexibility index (Phi) is 8.53. The molecule has 0 amide bonds. The number of guanidine groups is 1. The monoisotopic (exact) mass is 416 g/mol. The van der Waals surface area contributed by atoms with Crippen LogP contribution in [0.4, 0.5) is 0 Å². The van der Waals surface area contributed by atoms with Crippen molar-refractivity contribution in [2.24, 2.45) is 12.0 Å². The number of aliphatic imine (C=N–C) groups is 1. The zero-order valence-electron chi connectivity index (χ0n) is 19.6. The molecular weight excluding hydrogens is 380 g/mol. The van der Waals surface area contributed by atoms with Crippen LogP contribution in [-0.2, 0) is 13.6 Å². The third kappa shape index (κ3) is 5.89. The van der Waals surface area contributed by atoms with Crippen LogP contribution in [-0.4, -0.2) is 74.0 Å². The summed E-state index contributed by atoms with van der Waals surface area (Å²) in [5.74, 6) is 2.34. The SMILES string of the molecule is CCNC(=NCC(c1cnn(C)c1)N(C)C)N(C)Cc1cc(OC)c(OC)cc1C. The minimum Gasteiger partial charge on any atom is -0.493 e. The first-order chi connectivity index (χ1) is 14.3. The average Bonchev–Trinajstić information content (AvgIpc) is 3.13. The Morgan fingerprint density at radius 2 is 1.87 bits per heavy atom. The van der Waals surface area contributed by atoms with Gasteiger partial charge in [-0.3, -0.25) is 9.67 Å². The molecule has 8 heteroatoms. The van der Waals surface area contributed by atoms with Gasteiger partial charge in [0.25, 0.3) is 0 Å². The third-order valence-electron chi connectivity index (χ3n) is 5.09. The van der Waals surface area contributed by atoms with E-state index in [9.17, 15) is 0 Å². The van der Waals surface area contributed by atoms with Crippen LogP contribution in [0.1, 0.15) is 29.7 Å². The zero-order chi connectivity index (χ0) is 22.3. The Morgan fingerprint density at radius 3 is 2.40 bits per heavy atom. The lowest BCUT2D eigenvalue weighted by atomic mass is 10.1. The quantitative estimate of drug-likeness (QED) is 0.500. The van der Waals surface area contributed by atoms with Crippen molar-refractivity contribution in [2.75, 3.05) is 48.5 Å². The second-order valence-corrected chi connectivity index (χ2v) is 7.61. The maximum atomic E-state index is 5.47. The Hall–Kier alpha value is -2.74. The van der Waals surface area contributed by atoms with E-state index in [1.54, 1.807) is 14.2 Å². The van der Waals surface area contributed by atoms with E-state index in [4.69, 9.17) is 14.5 Å². The first kappa shape index (κ1) is 23.5.